The van der Waals surface area contributed by atoms with Gasteiger partial charge in [0.25, 0.3) is 5.91 Å². The number of aliphatic imine (C=N–C) groups is 1. The highest BCUT2D eigenvalue weighted by atomic mass is 35.5. The zero-order valence-electron chi connectivity index (χ0n) is 15.7. The van der Waals surface area contributed by atoms with E-state index in [1.807, 2.05) is 86.6 Å². The standard InChI is InChI=1S/C24H19ClN2O/c1-16-8-6-9-17(2)22(16)27-23(19-11-4-3-5-12-19)26-21(24(27)28)15-18-10-7-13-20(25)14-18/h3-15H,1-2H3/b21-15+. The predicted molar refractivity (Wildman–Crippen MR) is 116 cm³/mol. The maximum atomic E-state index is 13.4. The molecule has 0 spiro atoms. The lowest BCUT2D eigenvalue weighted by Gasteiger charge is -2.22. The van der Waals surface area contributed by atoms with Gasteiger partial charge in [-0.2, -0.15) is 0 Å². The van der Waals surface area contributed by atoms with Crippen molar-refractivity contribution in [3.63, 3.8) is 0 Å². The van der Waals surface area contributed by atoms with Gasteiger partial charge in [0, 0.05) is 10.6 Å². The molecule has 1 aliphatic rings. The summed E-state index contributed by atoms with van der Waals surface area (Å²) in [4.78, 5) is 19.8. The zero-order chi connectivity index (χ0) is 19.7. The van der Waals surface area contributed by atoms with Gasteiger partial charge in [0.15, 0.2) is 0 Å². The summed E-state index contributed by atoms with van der Waals surface area (Å²) in [6.07, 6.45) is 1.78. The number of carbonyl (C=O) groups excluding carboxylic acids is 1. The number of hydrogen-bond donors (Lipinski definition) is 0. The molecule has 3 aromatic rings. The van der Waals surface area contributed by atoms with Crippen molar-refractivity contribution in [2.45, 2.75) is 13.8 Å². The molecule has 0 aromatic heterocycles. The van der Waals surface area contributed by atoms with Crippen LogP contribution >= 0.6 is 11.6 Å². The van der Waals surface area contributed by atoms with Crippen molar-refractivity contribution < 1.29 is 4.79 Å². The number of nitrogens with zero attached hydrogens (tertiary/aromatic N) is 2. The number of carbonyl (C=O) groups is 1. The Morgan fingerprint density at radius 1 is 0.893 bits per heavy atom. The van der Waals surface area contributed by atoms with Gasteiger partial charge in [0.1, 0.15) is 11.5 Å². The Morgan fingerprint density at radius 2 is 1.57 bits per heavy atom. The molecular weight excluding hydrogens is 368 g/mol. The second kappa shape index (κ2) is 7.45. The molecule has 0 radical (unpaired) electrons. The SMILES string of the molecule is Cc1cccc(C)c1N1C(=O)/C(=C\c2cccc(Cl)c2)N=C1c1ccccc1. The summed E-state index contributed by atoms with van der Waals surface area (Å²) in [7, 11) is 0. The molecule has 0 fully saturated rings. The number of benzene rings is 3. The second-order valence-corrected chi connectivity index (χ2v) is 7.20. The van der Waals surface area contributed by atoms with Crippen LogP contribution in [0.2, 0.25) is 5.02 Å². The molecule has 1 amide bonds. The van der Waals surface area contributed by atoms with Crippen LogP contribution in [-0.4, -0.2) is 11.7 Å². The minimum Gasteiger partial charge on any atom is -0.266 e. The molecule has 0 atom stereocenters. The quantitative estimate of drug-likeness (QED) is 0.524. The van der Waals surface area contributed by atoms with Gasteiger partial charge in [-0.15, -0.1) is 0 Å². The average molecular weight is 387 g/mol. The molecule has 0 N–H and O–H groups in total. The van der Waals surface area contributed by atoms with Gasteiger partial charge in [0.05, 0.1) is 5.69 Å². The van der Waals surface area contributed by atoms with Crippen LogP contribution in [0.5, 0.6) is 0 Å². The fraction of sp³-hybridized carbons (Fsp3) is 0.0833. The van der Waals surface area contributed by atoms with Crippen LogP contribution in [0.15, 0.2) is 83.5 Å². The third-order valence-electron chi connectivity index (χ3n) is 4.71. The largest absolute Gasteiger partial charge is 0.282 e. The third kappa shape index (κ3) is 3.37. The van der Waals surface area contributed by atoms with E-state index in [9.17, 15) is 4.79 Å². The van der Waals surface area contributed by atoms with E-state index in [2.05, 4.69) is 0 Å². The molecule has 0 aliphatic carbocycles. The van der Waals surface area contributed by atoms with E-state index < -0.39 is 0 Å². The van der Waals surface area contributed by atoms with Crippen molar-refractivity contribution in [3.8, 4) is 0 Å². The topological polar surface area (TPSA) is 32.7 Å². The van der Waals surface area contributed by atoms with E-state index in [1.54, 1.807) is 11.0 Å². The Morgan fingerprint density at radius 3 is 2.25 bits per heavy atom. The number of anilines is 1. The monoisotopic (exact) mass is 386 g/mol. The van der Waals surface area contributed by atoms with Crippen molar-refractivity contribution in [1.29, 1.82) is 0 Å². The van der Waals surface area contributed by atoms with Crippen molar-refractivity contribution in [2.24, 2.45) is 4.99 Å². The highest BCUT2D eigenvalue weighted by molar-refractivity contribution is 6.34. The Bertz CT molecular complexity index is 1100. The van der Waals surface area contributed by atoms with E-state index >= 15 is 0 Å². The summed E-state index contributed by atoms with van der Waals surface area (Å²) in [6.45, 7) is 4.02. The number of aryl methyl sites for hydroxylation is 2. The minimum absolute atomic E-state index is 0.142. The maximum absolute atomic E-state index is 13.4. The van der Waals surface area contributed by atoms with Crippen molar-refractivity contribution >= 4 is 35.1 Å². The van der Waals surface area contributed by atoms with Gasteiger partial charge in [-0.05, 0) is 48.7 Å². The normalized spacial score (nSPS) is 15.2. The van der Waals surface area contributed by atoms with E-state index in [4.69, 9.17) is 16.6 Å². The van der Waals surface area contributed by atoms with Gasteiger partial charge in [-0.1, -0.05) is 72.3 Å². The smallest absolute Gasteiger partial charge is 0.266 e. The molecule has 4 heteroatoms. The number of halogens is 1. The molecule has 1 heterocycles. The molecule has 0 unspecified atom stereocenters. The molecule has 138 valence electrons. The maximum Gasteiger partial charge on any atom is 0.282 e. The van der Waals surface area contributed by atoms with Crippen LogP contribution < -0.4 is 4.90 Å². The molecule has 4 rings (SSSR count). The number of amidine groups is 1. The predicted octanol–water partition coefficient (Wildman–Crippen LogP) is 5.79. The first kappa shape index (κ1) is 18.2. The van der Waals surface area contributed by atoms with Gasteiger partial charge >= 0.3 is 0 Å². The fourth-order valence-electron chi connectivity index (χ4n) is 3.42. The van der Waals surface area contributed by atoms with E-state index in [-0.39, 0.29) is 5.91 Å². The summed E-state index contributed by atoms with van der Waals surface area (Å²) in [5.41, 5.74) is 5.07. The average Bonchev–Trinajstić information content (AvgIpc) is 2.99. The van der Waals surface area contributed by atoms with Crippen molar-refractivity contribution in [1.82, 2.24) is 0 Å². The number of para-hydroxylation sites is 1. The lowest BCUT2D eigenvalue weighted by atomic mass is 10.1. The van der Waals surface area contributed by atoms with Crippen LogP contribution in [0.4, 0.5) is 5.69 Å². The fourth-order valence-corrected chi connectivity index (χ4v) is 3.62. The van der Waals surface area contributed by atoms with Crippen LogP contribution in [0.1, 0.15) is 22.3 Å². The number of amides is 1. The third-order valence-corrected chi connectivity index (χ3v) is 4.94. The van der Waals surface area contributed by atoms with Crippen LogP contribution in [0.3, 0.4) is 0 Å². The molecular formula is C24H19ClN2O. The lowest BCUT2D eigenvalue weighted by molar-refractivity contribution is -0.113. The van der Waals surface area contributed by atoms with Crippen LogP contribution in [0.25, 0.3) is 6.08 Å². The second-order valence-electron chi connectivity index (χ2n) is 6.77. The molecule has 0 saturated carbocycles. The van der Waals surface area contributed by atoms with Crippen LogP contribution in [-0.2, 0) is 4.79 Å². The molecule has 28 heavy (non-hydrogen) atoms. The Balaban J connectivity index is 1.88. The van der Waals surface area contributed by atoms with Gasteiger partial charge in [-0.25, -0.2) is 4.99 Å². The summed E-state index contributed by atoms with van der Waals surface area (Å²) < 4.78 is 0. The molecule has 0 saturated heterocycles. The van der Waals surface area contributed by atoms with E-state index in [0.717, 1.165) is 27.9 Å². The minimum atomic E-state index is -0.142. The Labute approximate surface area is 169 Å². The molecule has 3 aromatic carbocycles. The highest BCUT2D eigenvalue weighted by Gasteiger charge is 2.34. The van der Waals surface area contributed by atoms with Crippen molar-refractivity contribution in [3.05, 3.63) is 106 Å². The summed E-state index contributed by atoms with van der Waals surface area (Å²) in [6, 6.07) is 23.2. The van der Waals surface area contributed by atoms with Crippen LogP contribution in [0, 0.1) is 13.8 Å². The van der Waals surface area contributed by atoms with Gasteiger partial charge in [-0.3, -0.25) is 9.69 Å². The first-order valence-electron chi connectivity index (χ1n) is 9.06. The lowest BCUT2D eigenvalue weighted by Crippen LogP contribution is -2.33. The highest BCUT2D eigenvalue weighted by Crippen LogP contribution is 2.32. The van der Waals surface area contributed by atoms with Gasteiger partial charge in [0.2, 0.25) is 0 Å². The number of hydrogen-bond acceptors (Lipinski definition) is 2. The first-order valence-corrected chi connectivity index (χ1v) is 9.44. The molecule has 3 nitrogen and oxygen atoms in total. The van der Waals surface area contributed by atoms with E-state index in [0.29, 0.717) is 16.6 Å². The van der Waals surface area contributed by atoms with Crippen molar-refractivity contribution in [2.75, 3.05) is 4.90 Å². The van der Waals surface area contributed by atoms with Gasteiger partial charge < -0.3 is 0 Å². The summed E-state index contributed by atoms with van der Waals surface area (Å²) in [5, 5.41) is 0.624. The summed E-state index contributed by atoms with van der Waals surface area (Å²) >= 11 is 6.10. The zero-order valence-corrected chi connectivity index (χ0v) is 16.4. The number of rotatable bonds is 3. The Kier molecular flexibility index (Phi) is 4.84. The molecule has 0 bridgehead atoms. The summed E-state index contributed by atoms with van der Waals surface area (Å²) in [5.74, 6) is 0.493. The first-order chi connectivity index (χ1) is 13.5. The molecule has 1 aliphatic heterocycles. The Hall–Kier alpha value is -3.17. The van der Waals surface area contributed by atoms with E-state index in [1.165, 1.54) is 0 Å².